The third-order valence-electron chi connectivity index (χ3n) is 3.16. The molecule has 0 aliphatic heterocycles. The van der Waals surface area contributed by atoms with Crippen LogP contribution < -0.4 is 0 Å². The molecule has 0 radical (unpaired) electrons. The first-order valence-corrected chi connectivity index (χ1v) is 12.2. The Bertz CT molecular complexity index is 637. The predicted molar refractivity (Wildman–Crippen MR) is 122 cm³/mol. The fourth-order valence-corrected chi connectivity index (χ4v) is 7.63. The van der Waals surface area contributed by atoms with Crippen molar-refractivity contribution in [1.82, 2.24) is 0 Å². The van der Waals surface area contributed by atoms with Crippen LogP contribution in [0.3, 0.4) is 0 Å². The maximum absolute atomic E-state index is 3.70. The van der Waals surface area contributed by atoms with Crippen molar-refractivity contribution < 1.29 is 0 Å². The average Bonchev–Trinajstić information content (AvgIpc) is 2.44. The molecule has 0 spiro atoms. The smallest absolute Gasteiger partial charge is 0.0367 e. The van der Waals surface area contributed by atoms with Crippen molar-refractivity contribution in [3.8, 4) is 0 Å². The van der Waals surface area contributed by atoms with Gasteiger partial charge in [0.2, 0.25) is 0 Å². The second-order valence-electron chi connectivity index (χ2n) is 4.49. The van der Waals surface area contributed by atoms with Crippen LogP contribution in [-0.2, 0) is 0 Å². The van der Waals surface area contributed by atoms with Gasteiger partial charge in [-0.3, -0.25) is 0 Å². The summed E-state index contributed by atoms with van der Waals surface area (Å²) in [6, 6.07) is 4.04. The van der Waals surface area contributed by atoms with E-state index in [-0.39, 0.29) is 5.92 Å². The van der Waals surface area contributed by atoms with Crippen molar-refractivity contribution in [3.05, 3.63) is 59.0 Å². The van der Waals surface area contributed by atoms with E-state index in [1.54, 1.807) is 0 Å². The lowest BCUT2D eigenvalue weighted by Crippen LogP contribution is -2.03. The van der Waals surface area contributed by atoms with Crippen molar-refractivity contribution in [3.63, 3.8) is 0 Å². The molecule has 2 aromatic carbocycles. The van der Waals surface area contributed by atoms with Crippen molar-refractivity contribution >= 4 is 127 Å². The molecule has 2 aromatic rings. The number of halogens is 8. The van der Waals surface area contributed by atoms with Crippen molar-refractivity contribution in [2.75, 3.05) is 0 Å². The molecule has 0 amide bonds. The highest BCUT2D eigenvalue weighted by atomic mass is 79.9. The highest BCUT2D eigenvalue weighted by molar-refractivity contribution is 9.14. The van der Waals surface area contributed by atoms with Crippen LogP contribution in [-0.4, -0.2) is 0 Å². The summed E-state index contributed by atoms with van der Waals surface area (Å²) in [7, 11) is 0. The molecule has 2 rings (SSSR count). The molecule has 8 heteroatoms. The van der Waals surface area contributed by atoms with Crippen LogP contribution in [0.1, 0.15) is 24.0 Å². The van der Waals surface area contributed by atoms with Gasteiger partial charge in [0.15, 0.2) is 0 Å². The lowest BCUT2D eigenvalue weighted by molar-refractivity contribution is 0.890. The second kappa shape index (κ2) is 8.31. The number of benzene rings is 2. The second-order valence-corrected chi connectivity index (χ2v) is 11.1. The zero-order chi connectivity index (χ0) is 16.8. The summed E-state index contributed by atoms with van der Waals surface area (Å²) in [6.45, 7) is 2.17. The van der Waals surface area contributed by atoms with Crippen LogP contribution in [0, 0.1) is 0 Å². The minimum absolute atomic E-state index is 0.134. The van der Waals surface area contributed by atoms with Crippen LogP contribution in [0.25, 0.3) is 0 Å². The Kier molecular flexibility index (Phi) is 7.78. The zero-order valence-electron chi connectivity index (χ0n) is 10.8. The highest BCUT2D eigenvalue weighted by Crippen LogP contribution is 2.48. The maximum Gasteiger partial charge on any atom is 0.0367 e. The summed E-state index contributed by atoms with van der Waals surface area (Å²) in [5.41, 5.74) is 2.32. The van der Waals surface area contributed by atoms with Gasteiger partial charge in [-0.15, -0.1) is 0 Å². The van der Waals surface area contributed by atoms with Gasteiger partial charge in [0.1, 0.15) is 0 Å². The molecular weight excluding hydrogens is 807 g/mol. The van der Waals surface area contributed by atoms with Gasteiger partial charge in [-0.1, -0.05) is 6.92 Å². The number of hydrogen-bond donors (Lipinski definition) is 0. The van der Waals surface area contributed by atoms with Gasteiger partial charge < -0.3 is 0 Å². The lowest BCUT2D eigenvalue weighted by Gasteiger charge is -2.22. The summed E-state index contributed by atoms with van der Waals surface area (Å²) in [5, 5.41) is 0. The van der Waals surface area contributed by atoms with E-state index >= 15 is 0 Å². The number of rotatable bonds is 2. The normalized spacial score (nSPS) is 11.4. The molecule has 0 fully saturated rings. The van der Waals surface area contributed by atoms with Crippen LogP contribution in [0.2, 0.25) is 0 Å². The predicted octanol–water partition coefficient (Wildman–Crippen LogP) is 9.94. The third-order valence-corrected chi connectivity index (χ3v) is 11.2. The summed E-state index contributed by atoms with van der Waals surface area (Å²) in [6.07, 6.45) is 0. The van der Waals surface area contributed by atoms with Crippen LogP contribution >= 0.6 is 127 Å². The molecule has 0 aliphatic rings. The molecule has 0 saturated carbocycles. The Morgan fingerprint density at radius 3 is 1.00 bits per heavy atom. The van der Waals surface area contributed by atoms with Gasteiger partial charge in [-0.2, -0.15) is 0 Å². The molecule has 118 valence electrons. The van der Waals surface area contributed by atoms with Gasteiger partial charge in [0, 0.05) is 41.7 Å². The van der Waals surface area contributed by atoms with E-state index in [1.165, 1.54) is 0 Å². The monoisotopic (exact) mass is 805 g/mol. The van der Waals surface area contributed by atoms with Crippen LogP contribution in [0.15, 0.2) is 47.9 Å². The molecule has 0 heterocycles. The Labute approximate surface area is 196 Å². The van der Waals surface area contributed by atoms with Crippen LogP contribution in [0.4, 0.5) is 0 Å². The van der Waals surface area contributed by atoms with E-state index < -0.39 is 0 Å². The molecule has 0 unspecified atom stereocenters. The van der Waals surface area contributed by atoms with E-state index in [0.717, 1.165) is 46.9 Å². The first kappa shape index (κ1) is 20.6. The van der Waals surface area contributed by atoms with Gasteiger partial charge >= 0.3 is 0 Å². The Morgan fingerprint density at radius 2 is 0.773 bits per heavy atom. The molecule has 22 heavy (non-hydrogen) atoms. The first-order chi connectivity index (χ1) is 10.2. The van der Waals surface area contributed by atoms with E-state index in [2.05, 4.69) is 134 Å². The lowest BCUT2D eigenvalue weighted by atomic mass is 9.93. The summed E-state index contributed by atoms with van der Waals surface area (Å²) in [5.74, 6) is 0.134. The molecule has 0 atom stereocenters. The molecule has 0 aliphatic carbocycles. The van der Waals surface area contributed by atoms with E-state index in [9.17, 15) is 0 Å². The number of hydrogen-bond acceptors (Lipinski definition) is 0. The largest absolute Gasteiger partial charge is 0.0541 e. The fourth-order valence-electron chi connectivity index (χ4n) is 2.09. The minimum atomic E-state index is 0.134. The topological polar surface area (TPSA) is 0 Å². The third kappa shape index (κ3) is 3.99. The van der Waals surface area contributed by atoms with Gasteiger partial charge in [0.25, 0.3) is 0 Å². The molecular formula is C14H6Br8. The SMILES string of the molecule is CC(c1c(Br)c(Br)cc(Br)c1Br)c1c(Br)c(Br)cc(Br)c1Br. The summed E-state index contributed by atoms with van der Waals surface area (Å²) in [4.78, 5) is 0. The summed E-state index contributed by atoms with van der Waals surface area (Å²) >= 11 is 29.2. The average molecular weight is 813 g/mol. The molecule has 0 N–H and O–H groups in total. The Hall–Kier alpha value is 2.28. The van der Waals surface area contributed by atoms with Crippen molar-refractivity contribution in [2.45, 2.75) is 12.8 Å². The summed E-state index contributed by atoms with van der Waals surface area (Å²) < 4.78 is 8.15. The molecule has 0 aromatic heterocycles. The first-order valence-electron chi connectivity index (χ1n) is 5.82. The molecule has 0 saturated heterocycles. The van der Waals surface area contributed by atoms with E-state index in [1.807, 2.05) is 12.1 Å². The maximum atomic E-state index is 3.70. The van der Waals surface area contributed by atoms with Gasteiger partial charge in [-0.05, 0) is 151 Å². The van der Waals surface area contributed by atoms with Crippen molar-refractivity contribution in [2.24, 2.45) is 0 Å². The van der Waals surface area contributed by atoms with Crippen molar-refractivity contribution in [1.29, 1.82) is 0 Å². The fraction of sp³-hybridized carbons (Fsp3) is 0.143. The molecule has 0 nitrogen and oxygen atoms in total. The van der Waals surface area contributed by atoms with Crippen LogP contribution in [0.5, 0.6) is 0 Å². The quantitative estimate of drug-likeness (QED) is 0.265. The van der Waals surface area contributed by atoms with Gasteiger partial charge in [-0.25, -0.2) is 0 Å². The molecule has 0 bridgehead atoms. The Balaban J connectivity index is 2.77. The standard InChI is InChI=1S/C14H6Br8/c1-4(9-11(19)5(15)2-6(16)12(9)20)10-13(21)7(17)3-8(18)14(10)22/h2-4H,1H3. The Morgan fingerprint density at radius 1 is 0.545 bits per heavy atom. The van der Waals surface area contributed by atoms with E-state index in [0.29, 0.717) is 0 Å². The van der Waals surface area contributed by atoms with Gasteiger partial charge in [0.05, 0.1) is 0 Å². The zero-order valence-corrected chi connectivity index (χ0v) is 23.4. The minimum Gasteiger partial charge on any atom is -0.0541 e. The highest BCUT2D eigenvalue weighted by Gasteiger charge is 2.25. The van der Waals surface area contributed by atoms with E-state index in [4.69, 9.17) is 0 Å².